The Hall–Kier alpha value is -0.220. The van der Waals surface area contributed by atoms with Gasteiger partial charge in [-0.2, -0.15) is 0 Å². The first-order chi connectivity index (χ1) is 5.68. The van der Waals surface area contributed by atoms with Crippen LogP contribution in [0.3, 0.4) is 0 Å². The molecule has 0 bridgehead atoms. The minimum Gasteiger partial charge on any atom is -0.336 e. The van der Waals surface area contributed by atoms with Gasteiger partial charge in [-0.05, 0) is 13.0 Å². The van der Waals surface area contributed by atoms with Crippen LogP contribution >= 0.6 is 12.6 Å². The number of hydrogen-bond acceptors (Lipinski definition) is 2. The van der Waals surface area contributed by atoms with Crippen molar-refractivity contribution in [3.8, 4) is 0 Å². The fourth-order valence-electron chi connectivity index (χ4n) is 0.769. The normalized spacial score (nSPS) is 9.92. The zero-order chi connectivity index (χ0) is 9.40. The highest BCUT2D eigenvalue weighted by molar-refractivity contribution is 7.96. The third-order valence-corrected chi connectivity index (χ3v) is 2.00. The maximum atomic E-state index is 10.6. The highest BCUT2D eigenvalue weighted by Crippen LogP contribution is 1.89. The van der Waals surface area contributed by atoms with E-state index < -0.39 is 0 Å². The van der Waals surface area contributed by atoms with Crippen molar-refractivity contribution < 1.29 is 4.79 Å². The van der Waals surface area contributed by atoms with Crippen LogP contribution in [0.15, 0.2) is 0 Å². The molecule has 0 aliphatic carbocycles. The van der Waals surface area contributed by atoms with Gasteiger partial charge in [-0.1, -0.05) is 26.0 Å². The molecule has 3 nitrogen and oxygen atoms in total. The molecule has 0 atom stereocenters. The molecule has 0 unspecified atom stereocenters. The summed E-state index contributed by atoms with van der Waals surface area (Å²) < 4.78 is 0. The van der Waals surface area contributed by atoms with Crippen LogP contribution in [0.25, 0.3) is 0 Å². The average Bonchev–Trinajstić information content (AvgIpc) is 2.03. The Morgan fingerprint density at radius 1 is 1.50 bits per heavy atom. The lowest BCUT2D eigenvalue weighted by molar-refractivity contribution is 0.234. The summed E-state index contributed by atoms with van der Waals surface area (Å²) in [6, 6.07) is 0. The van der Waals surface area contributed by atoms with E-state index in [2.05, 4.69) is 24.9 Å². The Balaban J connectivity index is 3.14. The number of unbranched alkanes of at least 4 members (excludes halogenated alkanes) is 1. The van der Waals surface area contributed by atoms with E-state index in [1.807, 2.05) is 0 Å². The molecule has 0 spiro atoms. The van der Waals surface area contributed by atoms with Crippen molar-refractivity contribution in [1.29, 1.82) is 0 Å². The molecule has 12 heavy (non-hydrogen) atoms. The van der Waals surface area contributed by atoms with Crippen molar-refractivity contribution in [2.24, 2.45) is 0 Å². The molecular formula is C8H18N2OS. The molecule has 72 valence electrons. The molecule has 1 amide bonds. The van der Waals surface area contributed by atoms with Crippen molar-refractivity contribution >= 4 is 17.9 Å². The second-order valence-electron chi connectivity index (χ2n) is 2.81. The third kappa shape index (κ3) is 6.49. The fraction of sp³-hybridized carbons (Fsp3) is 0.875. The third-order valence-electron chi connectivity index (χ3n) is 1.66. The number of carbonyl (C=O) groups excluding carboxylic acids is 1. The van der Waals surface area contributed by atoms with E-state index in [4.69, 9.17) is 0 Å². The summed E-state index contributed by atoms with van der Waals surface area (Å²) in [5.41, 5.74) is 0. The molecule has 0 radical (unpaired) electrons. The standard InChI is InChI=1S/C8H18N2OS/c1-3-4-5-9-6-7-10(2)8(11)12/h9H,3-7H2,1-2H3,(H,11,12). The van der Waals surface area contributed by atoms with Crippen LogP contribution in [0.5, 0.6) is 0 Å². The molecule has 0 rings (SSSR count). The van der Waals surface area contributed by atoms with Crippen molar-refractivity contribution in [3.63, 3.8) is 0 Å². The van der Waals surface area contributed by atoms with Crippen LogP contribution in [0.1, 0.15) is 19.8 Å². The Labute approximate surface area is 79.9 Å². The Morgan fingerprint density at radius 3 is 2.67 bits per heavy atom. The van der Waals surface area contributed by atoms with Crippen molar-refractivity contribution in [1.82, 2.24) is 10.2 Å². The predicted octanol–water partition coefficient (Wildman–Crippen LogP) is 1.36. The summed E-state index contributed by atoms with van der Waals surface area (Å²) in [6.45, 7) is 4.77. The second-order valence-corrected chi connectivity index (χ2v) is 3.19. The summed E-state index contributed by atoms with van der Waals surface area (Å²) in [6.07, 6.45) is 2.40. The molecular weight excluding hydrogens is 172 g/mol. The maximum absolute atomic E-state index is 10.6. The summed E-state index contributed by atoms with van der Waals surface area (Å²) in [4.78, 5) is 12.2. The van der Waals surface area contributed by atoms with Crippen molar-refractivity contribution in [3.05, 3.63) is 0 Å². The lowest BCUT2D eigenvalue weighted by Crippen LogP contribution is -2.31. The maximum Gasteiger partial charge on any atom is 0.278 e. The molecule has 0 saturated heterocycles. The van der Waals surface area contributed by atoms with Crippen LogP contribution in [0, 0.1) is 0 Å². The topological polar surface area (TPSA) is 32.3 Å². The first-order valence-corrected chi connectivity index (χ1v) is 4.78. The molecule has 0 aromatic carbocycles. The van der Waals surface area contributed by atoms with Gasteiger partial charge in [0.1, 0.15) is 0 Å². The van der Waals surface area contributed by atoms with Crippen LogP contribution in [-0.2, 0) is 0 Å². The van der Waals surface area contributed by atoms with Crippen LogP contribution in [-0.4, -0.2) is 36.8 Å². The van der Waals surface area contributed by atoms with Crippen LogP contribution in [0.4, 0.5) is 4.79 Å². The number of likely N-dealkylation sites (N-methyl/N-ethyl adjacent to an activating group) is 1. The van der Waals surface area contributed by atoms with E-state index in [-0.39, 0.29) is 5.24 Å². The molecule has 0 saturated carbocycles. The fourth-order valence-corrected chi connectivity index (χ4v) is 0.869. The first kappa shape index (κ1) is 11.8. The lowest BCUT2D eigenvalue weighted by Gasteiger charge is -2.13. The minimum atomic E-state index is -0.174. The highest BCUT2D eigenvalue weighted by Gasteiger charge is 2.00. The molecule has 0 heterocycles. The van der Waals surface area contributed by atoms with Gasteiger partial charge < -0.3 is 10.2 Å². The van der Waals surface area contributed by atoms with Gasteiger partial charge in [0.2, 0.25) is 0 Å². The zero-order valence-corrected chi connectivity index (χ0v) is 8.73. The second kappa shape index (κ2) is 7.43. The molecule has 0 aromatic rings. The number of amides is 1. The highest BCUT2D eigenvalue weighted by atomic mass is 32.1. The van der Waals surface area contributed by atoms with E-state index in [9.17, 15) is 4.79 Å². The van der Waals surface area contributed by atoms with Crippen molar-refractivity contribution in [2.45, 2.75) is 19.8 Å². The van der Waals surface area contributed by atoms with Crippen LogP contribution < -0.4 is 5.32 Å². The van der Waals surface area contributed by atoms with Gasteiger partial charge in [0.25, 0.3) is 5.24 Å². The van der Waals surface area contributed by atoms with E-state index >= 15 is 0 Å². The summed E-state index contributed by atoms with van der Waals surface area (Å²) in [5.74, 6) is 0. The molecule has 4 heteroatoms. The molecule has 0 aromatic heterocycles. The largest absolute Gasteiger partial charge is 0.336 e. The van der Waals surface area contributed by atoms with Gasteiger partial charge in [-0.15, -0.1) is 0 Å². The lowest BCUT2D eigenvalue weighted by atomic mass is 10.3. The van der Waals surface area contributed by atoms with E-state index in [1.54, 1.807) is 11.9 Å². The van der Waals surface area contributed by atoms with Gasteiger partial charge in [0.15, 0.2) is 0 Å². The van der Waals surface area contributed by atoms with Gasteiger partial charge in [0, 0.05) is 20.1 Å². The van der Waals surface area contributed by atoms with Gasteiger partial charge in [0.05, 0.1) is 0 Å². The number of nitrogens with one attached hydrogen (secondary N) is 1. The zero-order valence-electron chi connectivity index (χ0n) is 7.84. The van der Waals surface area contributed by atoms with E-state index in [1.165, 1.54) is 12.8 Å². The number of rotatable bonds is 6. The van der Waals surface area contributed by atoms with E-state index in [0.717, 1.165) is 19.6 Å². The Kier molecular flexibility index (Phi) is 7.29. The van der Waals surface area contributed by atoms with Gasteiger partial charge in [-0.3, -0.25) is 4.79 Å². The average molecular weight is 190 g/mol. The number of hydrogen-bond donors (Lipinski definition) is 2. The summed E-state index contributed by atoms with van der Waals surface area (Å²) in [7, 11) is 1.75. The number of nitrogens with zero attached hydrogens (tertiary/aromatic N) is 1. The number of thiol groups is 1. The molecule has 1 N–H and O–H groups in total. The molecule has 0 aliphatic rings. The summed E-state index contributed by atoms with van der Waals surface area (Å²) in [5, 5.41) is 3.07. The monoisotopic (exact) mass is 190 g/mol. The van der Waals surface area contributed by atoms with Crippen LogP contribution in [0.2, 0.25) is 0 Å². The van der Waals surface area contributed by atoms with E-state index in [0.29, 0.717) is 0 Å². The SMILES string of the molecule is CCCCNCCN(C)C(=O)S. The smallest absolute Gasteiger partial charge is 0.278 e. The van der Waals surface area contributed by atoms with Gasteiger partial charge >= 0.3 is 0 Å². The van der Waals surface area contributed by atoms with Gasteiger partial charge in [-0.25, -0.2) is 0 Å². The molecule has 0 fully saturated rings. The molecule has 0 aliphatic heterocycles. The number of carbonyl (C=O) groups is 1. The Morgan fingerprint density at radius 2 is 2.17 bits per heavy atom. The minimum absolute atomic E-state index is 0.174. The summed E-state index contributed by atoms with van der Waals surface area (Å²) >= 11 is 3.70. The van der Waals surface area contributed by atoms with Crippen molar-refractivity contribution in [2.75, 3.05) is 26.7 Å². The predicted molar refractivity (Wildman–Crippen MR) is 54.8 cm³/mol. The first-order valence-electron chi connectivity index (χ1n) is 4.33. The Bertz CT molecular complexity index is 130. The quantitative estimate of drug-likeness (QED) is 0.489.